The Bertz CT molecular complexity index is 728. The molecule has 0 spiro atoms. The van der Waals surface area contributed by atoms with E-state index in [1.165, 1.54) is 6.92 Å². The van der Waals surface area contributed by atoms with E-state index in [0.29, 0.717) is 22.7 Å². The van der Waals surface area contributed by atoms with Crippen molar-refractivity contribution in [2.24, 2.45) is 0 Å². The average Bonchev–Trinajstić information content (AvgIpc) is 2.54. The Morgan fingerprint density at radius 1 is 1.04 bits per heavy atom. The Hall–Kier alpha value is -2.82. The lowest BCUT2D eigenvalue weighted by atomic mass is 10.2. The molecule has 1 atom stereocenters. The molecule has 0 unspecified atom stereocenters. The van der Waals surface area contributed by atoms with Gasteiger partial charge in [0.1, 0.15) is 5.75 Å². The van der Waals surface area contributed by atoms with E-state index >= 15 is 0 Å². The molecule has 2 aromatic rings. The quantitative estimate of drug-likeness (QED) is 0.840. The zero-order chi connectivity index (χ0) is 17.5. The molecular weight excluding hydrogens is 304 g/mol. The molecule has 0 aliphatic carbocycles. The number of ether oxygens (including phenoxy) is 1. The van der Waals surface area contributed by atoms with Gasteiger partial charge >= 0.3 is 0 Å². The van der Waals surface area contributed by atoms with Gasteiger partial charge in [-0.2, -0.15) is 0 Å². The van der Waals surface area contributed by atoms with Crippen LogP contribution in [0.5, 0.6) is 5.75 Å². The lowest BCUT2D eigenvalue weighted by molar-refractivity contribution is -0.114. The molecule has 24 heavy (non-hydrogen) atoms. The predicted molar refractivity (Wildman–Crippen MR) is 95.5 cm³/mol. The van der Waals surface area contributed by atoms with Gasteiger partial charge in [0.15, 0.2) is 0 Å². The molecule has 0 fully saturated rings. The highest BCUT2D eigenvalue weighted by molar-refractivity contribution is 6.04. The molecular formula is C19H22N2O3. The van der Waals surface area contributed by atoms with Crippen LogP contribution in [0.1, 0.15) is 37.6 Å². The largest absolute Gasteiger partial charge is 0.491 e. The summed E-state index contributed by atoms with van der Waals surface area (Å²) in [5.41, 5.74) is 1.76. The highest BCUT2D eigenvalue weighted by Gasteiger charge is 2.09. The van der Waals surface area contributed by atoms with Crippen LogP contribution in [-0.2, 0) is 4.79 Å². The van der Waals surface area contributed by atoms with Gasteiger partial charge in [-0.05, 0) is 49.7 Å². The van der Waals surface area contributed by atoms with Crippen LogP contribution in [0.4, 0.5) is 11.4 Å². The van der Waals surface area contributed by atoms with Crippen molar-refractivity contribution in [2.45, 2.75) is 33.3 Å². The summed E-state index contributed by atoms with van der Waals surface area (Å²) in [6.45, 7) is 5.47. The molecule has 0 bridgehead atoms. The summed E-state index contributed by atoms with van der Waals surface area (Å²) in [5.74, 6) is 0.280. The maximum Gasteiger partial charge on any atom is 0.255 e. The molecule has 0 aliphatic heterocycles. The first kappa shape index (κ1) is 17.5. The number of carbonyl (C=O) groups is 2. The van der Waals surface area contributed by atoms with Crippen molar-refractivity contribution in [1.82, 2.24) is 0 Å². The van der Waals surface area contributed by atoms with Gasteiger partial charge in [-0.3, -0.25) is 9.59 Å². The minimum Gasteiger partial charge on any atom is -0.491 e. The summed E-state index contributed by atoms with van der Waals surface area (Å²) < 4.78 is 5.74. The van der Waals surface area contributed by atoms with Gasteiger partial charge in [-0.1, -0.05) is 19.1 Å². The fourth-order valence-corrected chi connectivity index (χ4v) is 2.11. The van der Waals surface area contributed by atoms with Crippen LogP contribution in [0.15, 0.2) is 48.5 Å². The Labute approximate surface area is 142 Å². The molecule has 2 N–H and O–H groups in total. The van der Waals surface area contributed by atoms with E-state index in [2.05, 4.69) is 10.6 Å². The molecule has 126 valence electrons. The number of nitrogens with one attached hydrogen (secondary N) is 2. The fraction of sp³-hybridized carbons (Fsp3) is 0.263. The van der Waals surface area contributed by atoms with Gasteiger partial charge < -0.3 is 15.4 Å². The number of benzene rings is 2. The maximum absolute atomic E-state index is 12.4. The second-order valence-electron chi connectivity index (χ2n) is 5.58. The summed E-state index contributed by atoms with van der Waals surface area (Å²) in [6.07, 6.45) is 0.990. The fourth-order valence-electron chi connectivity index (χ4n) is 2.11. The van der Waals surface area contributed by atoms with E-state index < -0.39 is 0 Å². The van der Waals surface area contributed by atoms with Gasteiger partial charge in [0.25, 0.3) is 5.91 Å². The molecule has 2 rings (SSSR count). The van der Waals surface area contributed by atoms with E-state index in [1.54, 1.807) is 42.5 Å². The Morgan fingerprint density at radius 2 is 1.71 bits per heavy atom. The van der Waals surface area contributed by atoms with Crippen molar-refractivity contribution in [3.63, 3.8) is 0 Å². The van der Waals surface area contributed by atoms with Gasteiger partial charge in [0.2, 0.25) is 5.91 Å². The Kier molecular flexibility index (Phi) is 5.95. The van der Waals surface area contributed by atoms with Crippen molar-refractivity contribution in [1.29, 1.82) is 0 Å². The van der Waals surface area contributed by atoms with Gasteiger partial charge in [0.05, 0.1) is 6.10 Å². The lowest BCUT2D eigenvalue weighted by Crippen LogP contribution is -2.14. The number of carbonyl (C=O) groups excluding carboxylic acids is 2. The number of rotatable bonds is 6. The molecule has 0 aliphatic rings. The van der Waals surface area contributed by atoms with Crippen LogP contribution >= 0.6 is 0 Å². The molecule has 5 heteroatoms. The summed E-state index contributed by atoms with van der Waals surface area (Å²) in [4.78, 5) is 23.5. The third kappa shape index (κ3) is 5.12. The third-order valence-corrected chi connectivity index (χ3v) is 3.45. The standard InChI is InChI=1S/C19H22N2O3/c1-4-13(2)24-18-10-5-7-15(11-18)19(23)21-17-9-6-8-16(12-17)20-14(3)22/h5-13H,4H2,1-3H3,(H,20,22)(H,21,23)/t13-/m1/s1. The van der Waals surface area contributed by atoms with Crippen molar-refractivity contribution < 1.29 is 14.3 Å². The number of amides is 2. The van der Waals surface area contributed by atoms with E-state index in [4.69, 9.17) is 4.74 Å². The van der Waals surface area contributed by atoms with Crippen LogP contribution < -0.4 is 15.4 Å². The smallest absolute Gasteiger partial charge is 0.255 e. The molecule has 0 radical (unpaired) electrons. The molecule has 2 amide bonds. The maximum atomic E-state index is 12.4. The number of hydrogen-bond acceptors (Lipinski definition) is 3. The van der Waals surface area contributed by atoms with E-state index in [9.17, 15) is 9.59 Å². The van der Waals surface area contributed by atoms with Crippen LogP contribution in [0.3, 0.4) is 0 Å². The highest BCUT2D eigenvalue weighted by atomic mass is 16.5. The molecule has 2 aromatic carbocycles. The van der Waals surface area contributed by atoms with Crippen LogP contribution in [0, 0.1) is 0 Å². The SMILES string of the molecule is CC[C@@H](C)Oc1cccc(C(=O)Nc2cccc(NC(C)=O)c2)c1. The zero-order valence-corrected chi connectivity index (χ0v) is 14.1. The molecule has 0 saturated heterocycles. The van der Waals surface area contributed by atoms with E-state index in [1.807, 2.05) is 19.9 Å². The first-order valence-electron chi connectivity index (χ1n) is 7.93. The summed E-state index contributed by atoms with van der Waals surface area (Å²) in [7, 11) is 0. The van der Waals surface area contributed by atoms with Crippen molar-refractivity contribution in [3.8, 4) is 5.75 Å². The first-order chi connectivity index (χ1) is 11.5. The van der Waals surface area contributed by atoms with Crippen molar-refractivity contribution in [3.05, 3.63) is 54.1 Å². The molecule has 0 aromatic heterocycles. The molecule has 0 heterocycles. The van der Waals surface area contributed by atoms with Gasteiger partial charge in [-0.25, -0.2) is 0 Å². The van der Waals surface area contributed by atoms with E-state index in [0.717, 1.165) is 6.42 Å². The van der Waals surface area contributed by atoms with E-state index in [-0.39, 0.29) is 17.9 Å². The zero-order valence-electron chi connectivity index (χ0n) is 14.1. The number of hydrogen-bond donors (Lipinski definition) is 2. The van der Waals surface area contributed by atoms with Crippen molar-refractivity contribution >= 4 is 23.2 Å². The minimum absolute atomic E-state index is 0.0950. The third-order valence-electron chi connectivity index (χ3n) is 3.45. The predicted octanol–water partition coefficient (Wildman–Crippen LogP) is 4.07. The summed E-state index contributed by atoms with van der Waals surface area (Å²) in [6, 6.07) is 14.1. The summed E-state index contributed by atoms with van der Waals surface area (Å²) in [5, 5.41) is 5.51. The topological polar surface area (TPSA) is 67.4 Å². The summed E-state index contributed by atoms with van der Waals surface area (Å²) >= 11 is 0. The molecule has 0 saturated carbocycles. The van der Waals surface area contributed by atoms with Crippen LogP contribution in [-0.4, -0.2) is 17.9 Å². The Balaban J connectivity index is 2.09. The minimum atomic E-state index is -0.232. The van der Waals surface area contributed by atoms with Gasteiger partial charge in [0, 0.05) is 23.9 Å². The highest BCUT2D eigenvalue weighted by Crippen LogP contribution is 2.19. The van der Waals surface area contributed by atoms with Crippen molar-refractivity contribution in [2.75, 3.05) is 10.6 Å². The second kappa shape index (κ2) is 8.15. The monoisotopic (exact) mass is 326 g/mol. The Morgan fingerprint density at radius 3 is 2.38 bits per heavy atom. The van der Waals surface area contributed by atoms with Crippen LogP contribution in [0.25, 0.3) is 0 Å². The molecule has 5 nitrogen and oxygen atoms in total. The second-order valence-corrected chi connectivity index (χ2v) is 5.58. The number of anilines is 2. The first-order valence-corrected chi connectivity index (χ1v) is 7.93. The lowest BCUT2D eigenvalue weighted by Gasteiger charge is -2.13. The van der Waals surface area contributed by atoms with Crippen LogP contribution in [0.2, 0.25) is 0 Å². The normalized spacial score (nSPS) is 11.5. The van der Waals surface area contributed by atoms with Gasteiger partial charge in [-0.15, -0.1) is 0 Å². The average molecular weight is 326 g/mol.